The van der Waals surface area contributed by atoms with Gasteiger partial charge in [0.25, 0.3) is 0 Å². The van der Waals surface area contributed by atoms with Crippen LogP contribution in [0.25, 0.3) is 11.4 Å². The Bertz CT molecular complexity index is 882. The number of hydrogen-bond donors (Lipinski definition) is 2. The molecule has 0 aliphatic heterocycles. The molecule has 3 rings (SSSR count). The van der Waals surface area contributed by atoms with Gasteiger partial charge in [-0.2, -0.15) is 13.2 Å². The first-order valence-electron chi connectivity index (χ1n) is 9.09. The molecule has 1 saturated carbocycles. The molecule has 2 aromatic rings. The topological polar surface area (TPSA) is 85.8 Å². The molecule has 3 N–H and O–H groups in total. The van der Waals surface area contributed by atoms with E-state index < -0.39 is 17.2 Å². The number of carbonyl (C=O) groups excluding carboxylic acids is 1. The normalized spacial score (nSPS) is 25.5. The van der Waals surface area contributed by atoms with Gasteiger partial charge in [0.2, 0.25) is 5.91 Å². The van der Waals surface area contributed by atoms with E-state index in [9.17, 15) is 18.0 Å². The zero-order valence-electron chi connectivity index (χ0n) is 16.1. The van der Waals surface area contributed by atoms with Crippen molar-refractivity contribution in [3.05, 3.63) is 35.7 Å². The maximum Gasteiger partial charge on any atom is 0.417 e. The molecule has 152 valence electrons. The highest BCUT2D eigenvalue weighted by Crippen LogP contribution is 2.47. The molecule has 28 heavy (non-hydrogen) atoms. The van der Waals surface area contributed by atoms with Gasteiger partial charge in [-0.05, 0) is 31.7 Å². The average Bonchev–Trinajstić information content (AvgIpc) is 3.05. The number of nitrogens with one attached hydrogen (secondary N) is 1. The molecular formula is C19H24F3N5O. The third kappa shape index (κ3) is 3.39. The number of alkyl halides is 3. The average molecular weight is 395 g/mol. The Morgan fingerprint density at radius 3 is 2.32 bits per heavy atom. The Balaban J connectivity index is 1.94. The highest BCUT2D eigenvalue weighted by molar-refractivity contribution is 5.81. The summed E-state index contributed by atoms with van der Waals surface area (Å²) in [6.45, 7) is 3.88. The van der Waals surface area contributed by atoms with Crippen LogP contribution >= 0.6 is 0 Å². The lowest BCUT2D eigenvalue weighted by Crippen LogP contribution is -2.47. The smallest absolute Gasteiger partial charge is 0.314 e. The quantitative estimate of drug-likeness (QED) is 0.474. The molecule has 6 nitrogen and oxygen atoms in total. The summed E-state index contributed by atoms with van der Waals surface area (Å²) >= 11 is 0. The number of hydrogen-bond acceptors (Lipinski definition) is 4. The van der Waals surface area contributed by atoms with Gasteiger partial charge in [0.1, 0.15) is 5.82 Å². The van der Waals surface area contributed by atoms with E-state index in [0.717, 1.165) is 6.07 Å². The molecule has 9 heteroatoms. The number of benzene rings is 1. The molecule has 0 unspecified atom stereocenters. The van der Waals surface area contributed by atoms with Crippen LogP contribution in [0.4, 0.5) is 13.2 Å². The number of nitrogens with two attached hydrogens (primary N) is 1. The van der Waals surface area contributed by atoms with E-state index in [4.69, 9.17) is 5.84 Å². The maximum atomic E-state index is 13.4. The van der Waals surface area contributed by atoms with Crippen LogP contribution in [0.5, 0.6) is 0 Å². The zero-order valence-corrected chi connectivity index (χ0v) is 16.1. The van der Waals surface area contributed by atoms with Crippen LogP contribution in [-0.2, 0) is 23.4 Å². The summed E-state index contributed by atoms with van der Waals surface area (Å²) in [6.07, 6.45) is -1.95. The number of rotatable bonds is 3. The van der Waals surface area contributed by atoms with E-state index in [1.165, 1.54) is 12.1 Å². The van der Waals surface area contributed by atoms with Gasteiger partial charge >= 0.3 is 6.18 Å². The monoisotopic (exact) mass is 395 g/mol. The second-order valence-electron chi connectivity index (χ2n) is 8.04. The summed E-state index contributed by atoms with van der Waals surface area (Å²) in [6, 6.07) is 5.36. The van der Waals surface area contributed by atoms with Crippen molar-refractivity contribution in [2.75, 3.05) is 0 Å². The molecule has 0 bridgehead atoms. The number of aromatic nitrogens is 3. The fourth-order valence-electron chi connectivity index (χ4n) is 3.99. The van der Waals surface area contributed by atoms with Crippen molar-refractivity contribution in [1.82, 2.24) is 20.2 Å². The summed E-state index contributed by atoms with van der Waals surface area (Å²) in [5.41, 5.74) is 0.542. The van der Waals surface area contributed by atoms with E-state index in [2.05, 4.69) is 15.6 Å². The summed E-state index contributed by atoms with van der Waals surface area (Å²) in [4.78, 5) is 12.0. The second kappa shape index (κ2) is 6.88. The first-order valence-corrected chi connectivity index (χ1v) is 9.09. The number of halogens is 3. The Labute approximate surface area is 161 Å². The van der Waals surface area contributed by atoms with Crippen molar-refractivity contribution in [2.45, 2.75) is 51.1 Å². The summed E-state index contributed by atoms with van der Waals surface area (Å²) in [5.74, 6) is 5.89. The van der Waals surface area contributed by atoms with E-state index in [0.29, 0.717) is 31.5 Å². The third-order valence-corrected chi connectivity index (χ3v) is 6.02. The van der Waals surface area contributed by atoms with Crippen molar-refractivity contribution in [1.29, 1.82) is 0 Å². The first-order chi connectivity index (χ1) is 13.0. The lowest BCUT2D eigenvalue weighted by Gasteiger charge is -2.41. The number of nitrogens with zero attached hydrogens (tertiary/aromatic N) is 3. The van der Waals surface area contributed by atoms with Crippen LogP contribution < -0.4 is 11.3 Å². The number of amides is 1. The van der Waals surface area contributed by atoms with Crippen molar-refractivity contribution < 1.29 is 18.0 Å². The third-order valence-electron chi connectivity index (χ3n) is 6.02. The maximum absolute atomic E-state index is 13.4. The van der Waals surface area contributed by atoms with Gasteiger partial charge in [-0.1, -0.05) is 32.0 Å². The predicted octanol–water partition coefficient (Wildman–Crippen LogP) is 3.33. The minimum absolute atomic E-state index is 0.00278. The summed E-state index contributed by atoms with van der Waals surface area (Å²) in [7, 11) is 1.68. The van der Waals surface area contributed by atoms with Gasteiger partial charge in [0.15, 0.2) is 5.82 Å². The van der Waals surface area contributed by atoms with Gasteiger partial charge < -0.3 is 4.57 Å². The Morgan fingerprint density at radius 1 is 1.14 bits per heavy atom. The molecule has 1 heterocycles. The lowest BCUT2D eigenvalue weighted by molar-refractivity contribution is -0.137. The molecule has 1 aromatic carbocycles. The highest BCUT2D eigenvalue weighted by atomic mass is 19.4. The standard InChI is InChI=1S/C19H24F3N5O/c1-17(8-10-18(2,11-9-17)16(28)24-23)15-26-25-14(27(15)3)12-6-4-5-7-13(12)19(20,21)22/h4-7H,8-11,23H2,1-3H3,(H,24,28). The van der Waals surface area contributed by atoms with E-state index in [1.807, 2.05) is 13.8 Å². The van der Waals surface area contributed by atoms with E-state index in [1.54, 1.807) is 17.7 Å². The van der Waals surface area contributed by atoms with Crippen LogP contribution in [-0.4, -0.2) is 20.7 Å². The minimum atomic E-state index is -4.48. The van der Waals surface area contributed by atoms with Gasteiger partial charge in [-0.3, -0.25) is 10.2 Å². The van der Waals surface area contributed by atoms with E-state index >= 15 is 0 Å². The lowest BCUT2D eigenvalue weighted by atomic mass is 9.64. The zero-order chi connectivity index (χ0) is 20.7. The fourth-order valence-corrected chi connectivity index (χ4v) is 3.99. The molecular weight excluding hydrogens is 371 g/mol. The molecule has 1 aliphatic carbocycles. The Morgan fingerprint density at radius 2 is 1.75 bits per heavy atom. The van der Waals surface area contributed by atoms with Crippen molar-refractivity contribution >= 4 is 5.91 Å². The molecule has 1 fully saturated rings. The largest absolute Gasteiger partial charge is 0.417 e. The van der Waals surface area contributed by atoms with Crippen molar-refractivity contribution in [3.63, 3.8) is 0 Å². The second-order valence-corrected chi connectivity index (χ2v) is 8.04. The highest BCUT2D eigenvalue weighted by Gasteiger charge is 2.45. The number of hydrazine groups is 1. The minimum Gasteiger partial charge on any atom is -0.314 e. The summed E-state index contributed by atoms with van der Waals surface area (Å²) < 4.78 is 41.8. The van der Waals surface area contributed by atoms with Crippen molar-refractivity contribution in [2.24, 2.45) is 18.3 Å². The van der Waals surface area contributed by atoms with Crippen LogP contribution in [0.3, 0.4) is 0 Å². The van der Waals surface area contributed by atoms with Gasteiger partial charge in [-0.15, -0.1) is 10.2 Å². The molecule has 1 aromatic heterocycles. The Kier molecular flexibility index (Phi) is 4.99. The molecule has 1 aliphatic rings. The molecule has 0 atom stereocenters. The molecule has 0 saturated heterocycles. The van der Waals surface area contributed by atoms with Gasteiger partial charge in [-0.25, -0.2) is 5.84 Å². The first kappa shape index (κ1) is 20.3. The number of carbonyl (C=O) groups is 1. The van der Waals surface area contributed by atoms with E-state index in [-0.39, 0.29) is 22.7 Å². The summed E-state index contributed by atoms with van der Waals surface area (Å²) in [5, 5.41) is 8.33. The SMILES string of the molecule is Cn1c(-c2ccccc2C(F)(F)F)nnc1C1(C)CCC(C)(C(=O)NN)CC1. The van der Waals surface area contributed by atoms with Crippen LogP contribution in [0, 0.1) is 5.41 Å². The molecule has 1 amide bonds. The van der Waals surface area contributed by atoms with Crippen LogP contribution in [0.1, 0.15) is 50.9 Å². The molecule has 0 spiro atoms. The molecule has 0 radical (unpaired) electrons. The van der Waals surface area contributed by atoms with Crippen molar-refractivity contribution in [3.8, 4) is 11.4 Å². The van der Waals surface area contributed by atoms with Crippen LogP contribution in [0.15, 0.2) is 24.3 Å². The van der Waals surface area contributed by atoms with Gasteiger partial charge in [0.05, 0.1) is 5.56 Å². The van der Waals surface area contributed by atoms with Gasteiger partial charge in [0, 0.05) is 23.4 Å². The fraction of sp³-hybridized carbons (Fsp3) is 0.526. The predicted molar refractivity (Wildman–Crippen MR) is 97.7 cm³/mol. The van der Waals surface area contributed by atoms with Crippen LogP contribution in [0.2, 0.25) is 0 Å². The Hall–Kier alpha value is -2.42.